The van der Waals surface area contributed by atoms with Gasteiger partial charge in [0.2, 0.25) is 5.91 Å². The van der Waals surface area contributed by atoms with Crippen LogP contribution in [0.15, 0.2) is 24.3 Å². The number of nitrogens with one attached hydrogen (secondary N) is 1. The van der Waals surface area contributed by atoms with E-state index >= 15 is 0 Å². The molecule has 0 atom stereocenters. The Labute approximate surface area is 125 Å². The molecular weight excluding hydrogens is 268 g/mol. The van der Waals surface area contributed by atoms with Crippen LogP contribution < -0.4 is 11.1 Å². The van der Waals surface area contributed by atoms with Crippen LogP contribution in [0, 0.1) is 5.41 Å². The summed E-state index contributed by atoms with van der Waals surface area (Å²) in [4.78, 5) is 22.7. The first-order valence-electron chi connectivity index (χ1n) is 6.88. The Morgan fingerprint density at radius 3 is 2.05 bits per heavy atom. The van der Waals surface area contributed by atoms with Crippen LogP contribution in [0.25, 0.3) is 0 Å². The van der Waals surface area contributed by atoms with Crippen LogP contribution in [0.1, 0.15) is 40.2 Å². The van der Waals surface area contributed by atoms with Crippen molar-refractivity contribution in [2.75, 3.05) is 5.32 Å². The van der Waals surface area contributed by atoms with E-state index in [1.165, 1.54) is 0 Å². The second-order valence-electron chi connectivity index (χ2n) is 6.76. The SMILES string of the molecule is CC(C)(Cc1ccc(NC(=O)C(C)(C)C)cc1)OC(N)=O. The topological polar surface area (TPSA) is 81.4 Å². The molecule has 0 bridgehead atoms. The van der Waals surface area contributed by atoms with Gasteiger partial charge in [0.05, 0.1) is 0 Å². The van der Waals surface area contributed by atoms with Gasteiger partial charge in [0.15, 0.2) is 0 Å². The highest BCUT2D eigenvalue weighted by molar-refractivity contribution is 5.94. The summed E-state index contributed by atoms with van der Waals surface area (Å²) < 4.78 is 5.05. The average Bonchev–Trinajstić information content (AvgIpc) is 2.28. The van der Waals surface area contributed by atoms with Gasteiger partial charge in [-0.15, -0.1) is 0 Å². The Balaban J connectivity index is 2.71. The molecule has 0 unspecified atom stereocenters. The first-order valence-corrected chi connectivity index (χ1v) is 6.88. The maximum Gasteiger partial charge on any atom is 0.405 e. The number of carbonyl (C=O) groups excluding carboxylic acids is 2. The van der Waals surface area contributed by atoms with Crippen molar-refractivity contribution in [1.29, 1.82) is 0 Å². The lowest BCUT2D eigenvalue weighted by atomic mass is 9.95. The fourth-order valence-electron chi connectivity index (χ4n) is 1.82. The van der Waals surface area contributed by atoms with Gasteiger partial charge >= 0.3 is 6.09 Å². The molecule has 1 rings (SSSR count). The third-order valence-electron chi connectivity index (χ3n) is 2.90. The second-order valence-corrected chi connectivity index (χ2v) is 6.76. The molecule has 1 aromatic carbocycles. The van der Waals surface area contributed by atoms with Crippen molar-refractivity contribution in [2.45, 2.75) is 46.6 Å². The van der Waals surface area contributed by atoms with E-state index in [2.05, 4.69) is 5.32 Å². The molecule has 116 valence electrons. The smallest absolute Gasteiger partial charge is 0.405 e. The lowest BCUT2D eigenvalue weighted by Crippen LogP contribution is -2.33. The van der Waals surface area contributed by atoms with Crippen LogP contribution in [-0.4, -0.2) is 17.6 Å². The molecule has 0 aromatic heterocycles. The molecule has 0 aliphatic rings. The van der Waals surface area contributed by atoms with Crippen molar-refractivity contribution in [1.82, 2.24) is 0 Å². The van der Waals surface area contributed by atoms with Gasteiger partial charge in [0.1, 0.15) is 5.60 Å². The summed E-state index contributed by atoms with van der Waals surface area (Å²) in [6.07, 6.45) is -0.238. The average molecular weight is 292 g/mol. The summed E-state index contributed by atoms with van der Waals surface area (Å²) in [5, 5.41) is 2.86. The van der Waals surface area contributed by atoms with E-state index < -0.39 is 17.1 Å². The lowest BCUT2D eigenvalue weighted by molar-refractivity contribution is -0.123. The number of hydrogen-bond acceptors (Lipinski definition) is 3. The zero-order valence-electron chi connectivity index (χ0n) is 13.3. The molecule has 0 fully saturated rings. The van der Waals surface area contributed by atoms with Gasteiger partial charge < -0.3 is 15.8 Å². The minimum atomic E-state index is -0.783. The van der Waals surface area contributed by atoms with Gasteiger partial charge in [-0.3, -0.25) is 4.79 Å². The van der Waals surface area contributed by atoms with Crippen LogP contribution in [0.4, 0.5) is 10.5 Å². The molecule has 0 spiro atoms. The molecule has 21 heavy (non-hydrogen) atoms. The normalized spacial score (nSPS) is 11.9. The number of amides is 2. The van der Waals surface area contributed by atoms with Gasteiger partial charge in [0.25, 0.3) is 0 Å². The van der Waals surface area contributed by atoms with Crippen molar-refractivity contribution >= 4 is 17.7 Å². The Hall–Kier alpha value is -2.04. The summed E-state index contributed by atoms with van der Waals surface area (Å²) in [5.74, 6) is -0.0346. The van der Waals surface area contributed by atoms with Crippen molar-refractivity contribution in [3.8, 4) is 0 Å². The molecule has 1 aromatic rings. The number of rotatable bonds is 4. The van der Waals surface area contributed by atoms with Gasteiger partial charge in [-0.05, 0) is 31.5 Å². The highest BCUT2D eigenvalue weighted by Crippen LogP contribution is 2.21. The zero-order valence-corrected chi connectivity index (χ0v) is 13.3. The minimum Gasteiger partial charge on any atom is -0.443 e. The fraction of sp³-hybridized carbons (Fsp3) is 0.500. The number of carbonyl (C=O) groups is 2. The maximum absolute atomic E-state index is 11.9. The van der Waals surface area contributed by atoms with E-state index in [4.69, 9.17) is 10.5 Å². The van der Waals surface area contributed by atoms with Gasteiger partial charge in [-0.1, -0.05) is 32.9 Å². The standard InChI is InChI=1S/C16H24N2O3/c1-15(2,3)13(19)18-12-8-6-11(7-9-12)10-16(4,5)21-14(17)20/h6-9H,10H2,1-5H3,(H2,17,20)(H,18,19). The van der Waals surface area contributed by atoms with E-state index in [0.717, 1.165) is 11.3 Å². The monoisotopic (exact) mass is 292 g/mol. The Bertz CT molecular complexity index is 513. The van der Waals surface area contributed by atoms with Gasteiger partial charge in [-0.25, -0.2) is 4.79 Å². The molecule has 0 heterocycles. The summed E-state index contributed by atoms with van der Waals surface area (Å²) in [6, 6.07) is 7.45. The highest BCUT2D eigenvalue weighted by Gasteiger charge is 2.23. The number of hydrogen-bond donors (Lipinski definition) is 2. The molecule has 0 radical (unpaired) electrons. The molecule has 5 heteroatoms. The zero-order chi connectivity index (χ0) is 16.3. The lowest BCUT2D eigenvalue weighted by Gasteiger charge is -2.24. The van der Waals surface area contributed by atoms with Gasteiger partial charge in [0, 0.05) is 17.5 Å². The number of primary amides is 1. The van der Waals surface area contributed by atoms with E-state index in [-0.39, 0.29) is 5.91 Å². The largest absolute Gasteiger partial charge is 0.443 e. The Morgan fingerprint density at radius 1 is 1.10 bits per heavy atom. The van der Waals surface area contributed by atoms with E-state index in [1.807, 2.05) is 45.0 Å². The molecule has 0 aliphatic heterocycles. The molecular formula is C16H24N2O3. The molecule has 0 saturated heterocycles. The molecule has 2 amide bonds. The van der Waals surface area contributed by atoms with Crippen molar-refractivity contribution < 1.29 is 14.3 Å². The molecule has 0 aliphatic carbocycles. The van der Waals surface area contributed by atoms with Crippen molar-refractivity contribution in [3.63, 3.8) is 0 Å². The van der Waals surface area contributed by atoms with Crippen molar-refractivity contribution in [3.05, 3.63) is 29.8 Å². The third kappa shape index (κ3) is 5.85. The molecule has 0 saturated carbocycles. The number of ether oxygens (including phenoxy) is 1. The summed E-state index contributed by atoms with van der Waals surface area (Å²) >= 11 is 0. The first-order chi connectivity index (χ1) is 9.49. The van der Waals surface area contributed by atoms with Crippen LogP contribution in [0.2, 0.25) is 0 Å². The predicted octanol–water partition coefficient (Wildman–Crippen LogP) is 3.09. The Kier molecular flexibility index (Phi) is 4.99. The second kappa shape index (κ2) is 6.16. The summed E-state index contributed by atoms with van der Waals surface area (Å²) in [5.41, 5.74) is 5.68. The number of benzene rings is 1. The van der Waals surface area contributed by atoms with Crippen LogP contribution in [0.3, 0.4) is 0 Å². The Morgan fingerprint density at radius 2 is 1.62 bits per heavy atom. The first kappa shape index (κ1) is 17.0. The van der Waals surface area contributed by atoms with Crippen molar-refractivity contribution in [2.24, 2.45) is 11.1 Å². The molecule has 3 N–H and O–H groups in total. The van der Waals surface area contributed by atoms with Crippen LogP contribution in [0.5, 0.6) is 0 Å². The summed E-state index contributed by atoms with van der Waals surface area (Å²) in [7, 11) is 0. The number of anilines is 1. The maximum atomic E-state index is 11.9. The summed E-state index contributed by atoms with van der Waals surface area (Å²) in [6.45, 7) is 9.18. The van der Waals surface area contributed by atoms with Crippen LogP contribution in [-0.2, 0) is 16.0 Å². The van der Waals surface area contributed by atoms with E-state index in [9.17, 15) is 9.59 Å². The van der Waals surface area contributed by atoms with Gasteiger partial charge in [-0.2, -0.15) is 0 Å². The third-order valence-corrected chi connectivity index (χ3v) is 2.90. The van der Waals surface area contributed by atoms with Crippen LogP contribution >= 0.6 is 0 Å². The quantitative estimate of drug-likeness (QED) is 0.894. The highest BCUT2D eigenvalue weighted by atomic mass is 16.6. The fourth-order valence-corrected chi connectivity index (χ4v) is 1.82. The minimum absolute atomic E-state index is 0.0346. The van der Waals surface area contributed by atoms with E-state index in [1.54, 1.807) is 13.8 Å². The predicted molar refractivity (Wildman–Crippen MR) is 83.0 cm³/mol. The van der Waals surface area contributed by atoms with E-state index in [0.29, 0.717) is 6.42 Å². The number of nitrogens with two attached hydrogens (primary N) is 1. The molecule has 5 nitrogen and oxygen atoms in total.